The molecular weight excluding hydrogens is 272 g/mol. The second-order valence-corrected chi connectivity index (χ2v) is 9.02. The summed E-state index contributed by atoms with van der Waals surface area (Å²) in [6, 6.07) is 0. The first kappa shape index (κ1) is 14.7. The number of hydrogen-bond donors (Lipinski definition) is 0. The van der Waals surface area contributed by atoms with Gasteiger partial charge in [0.1, 0.15) is 12.6 Å². The van der Waals surface area contributed by atoms with Crippen LogP contribution < -0.4 is 0 Å². The number of allylic oxidation sites excluding steroid dienone is 1. The Kier molecular flexibility index (Phi) is 3.03. The molecule has 0 N–H and O–H groups in total. The average Bonchev–Trinajstić information content (AvgIpc) is 2.54. The van der Waals surface area contributed by atoms with Gasteiger partial charge in [-0.25, -0.2) is 0 Å². The Morgan fingerprint density at radius 3 is 2.50 bits per heavy atom. The zero-order valence-electron chi connectivity index (χ0n) is 13.8. The minimum atomic E-state index is -0.283. The number of aldehydes is 2. The lowest BCUT2D eigenvalue weighted by Crippen LogP contribution is -2.61. The summed E-state index contributed by atoms with van der Waals surface area (Å²) >= 11 is 0. The Morgan fingerprint density at radius 2 is 1.82 bits per heavy atom. The van der Waals surface area contributed by atoms with E-state index in [0.717, 1.165) is 38.5 Å². The van der Waals surface area contributed by atoms with Gasteiger partial charge in [0.25, 0.3) is 0 Å². The first-order chi connectivity index (χ1) is 10.5. The Hall–Kier alpha value is -0.920. The molecule has 22 heavy (non-hydrogen) atoms. The van der Waals surface area contributed by atoms with Crippen molar-refractivity contribution < 1.29 is 9.59 Å². The van der Waals surface area contributed by atoms with Crippen molar-refractivity contribution in [1.29, 1.82) is 0 Å². The summed E-state index contributed by atoms with van der Waals surface area (Å²) in [5.41, 5.74) is 1.25. The van der Waals surface area contributed by atoms with Gasteiger partial charge in [0.05, 0.1) is 0 Å². The van der Waals surface area contributed by atoms with Gasteiger partial charge in [-0.3, -0.25) is 0 Å². The van der Waals surface area contributed by atoms with E-state index in [-0.39, 0.29) is 16.7 Å². The average molecular weight is 300 g/mol. The third kappa shape index (κ3) is 1.62. The summed E-state index contributed by atoms with van der Waals surface area (Å²) in [4.78, 5) is 24.2. The van der Waals surface area contributed by atoms with Crippen molar-refractivity contribution in [2.24, 2.45) is 34.0 Å². The molecule has 120 valence electrons. The third-order valence-corrected chi connectivity index (χ3v) is 8.24. The summed E-state index contributed by atoms with van der Waals surface area (Å²) in [7, 11) is 0. The van der Waals surface area contributed by atoms with Crippen LogP contribution in [-0.2, 0) is 9.59 Å². The van der Waals surface area contributed by atoms with E-state index in [1.807, 2.05) is 0 Å². The molecule has 5 fully saturated rings. The molecule has 0 saturated heterocycles. The number of rotatable bonds is 2. The Morgan fingerprint density at radius 1 is 1.05 bits per heavy atom. The van der Waals surface area contributed by atoms with Crippen molar-refractivity contribution in [2.45, 2.75) is 64.7 Å². The lowest BCUT2D eigenvalue weighted by atomic mass is 9.37. The number of hydrogen-bond acceptors (Lipinski definition) is 2. The summed E-state index contributed by atoms with van der Waals surface area (Å²) in [5, 5.41) is 0. The van der Waals surface area contributed by atoms with Crippen LogP contribution in [-0.4, -0.2) is 12.6 Å². The monoisotopic (exact) mass is 300 g/mol. The van der Waals surface area contributed by atoms with Crippen LogP contribution in [0.4, 0.5) is 0 Å². The van der Waals surface area contributed by atoms with E-state index < -0.39 is 0 Å². The smallest absolute Gasteiger partial charge is 0.126 e. The van der Waals surface area contributed by atoms with Crippen LogP contribution in [0.2, 0.25) is 0 Å². The maximum Gasteiger partial charge on any atom is 0.126 e. The molecule has 0 radical (unpaired) electrons. The maximum atomic E-state index is 12.4. The number of fused-ring (bicyclic) bond motifs is 3. The zero-order chi connectivity index (χ0) is 15.6. The van der Waals surface area contributed by atoms with Crippen molar-refractivity contribution in [3.63, 3.8) is 0 Å². The molecule has 6 atom stereocenters. The van der Waals surface area contributed by atoms with Crippen molar-refractivity contribution in [1.82, 2.24) is 0 Å². The highest BCUT2D eigenvalue weighted by Crippen LogP contribution is 2.71. The maximum absolute atomic E-state index is 12.4. The fraction of sp³-hybridized carbons (Fsp3) is 0.800. The third-order valence-electron chi connectivity index (χ3n) is 8.24. The molecule has 0 amide bonds. The molecule has 0 aliphatic heterocycles. The fourth-order valence-corrected chi connectivity index (χ4v) is 7.19. The Bertz CT molecular complexity index is 538. The van der Waals surface area contributed by atoms with E-state index in [2.05, 4.69) is 13.5 Å². The van der Waals surface area contributed by atoms with E-state index in [1.165, 1.54) is 37.4 Å². The molecule has 0 aromatic carbocycles. The van der Waals surface area contributed by atoms with Crippen molar-refractivity contribution in [3.05, 3.63) is 12.2 Å². The molecule has 2 heteroatoms. The molecule has 2 nitrogen and oxygen atoms in total. The predicted molar refractivity (Wildman–Crippen MR) is 86.3 cm³/mol. The molecule has 2 bridgehead atoms. The molecule has 0 aromatic heterocycles. The summed E-state index contributed by atoms with van der Waals surface area (Å²) < 4.78 is 0. The second-order valence-electron chi connectivity index (χ2n) is 9.02. The lowest BCUT2D eigenvalue weighted by molar-refractivity contribution is -0.178. The molecule has 0 unspecified atom stereocenters. The Balaban J connectivity index is 1.80. The second kappa shape index (κ2) is 4.55. The normalized spacial score (nSPS) is 53.5. The first-order valence-corrected chi connectivity index (χ1v) is 9.10. The van der Waals surface area contributed by atoms with Gasteiger partial charge in [0.2, 0.25) is 0 Å². The van der Waals surface area contributed by atoms with Crippen LogP contribution in [0.15, 0.2) is 12.2 Å². The van der Waals surface area contributed by atoms with Gasteiger partial charge in [-0.2, -0.15) is 0 Å². The molecule has 5 aliphatic rings. The highest BCUT2D eigenvalue weighted by Gasteiger charge is 2.65. The highest BCUT2D eigenvalue weighted by molar-refractivity contribution is 5.67. The number of carbonyl (C=O) groups excluding carboxylic acids is 2. The van der Waals surface area contributed by atoms with Gasteiger partial charge >= 0.3 is 0 Å². The van der Waals surface area contributed by atoms with Gasteiger partial charge in [-0.15, -0.1) is 0 Å². The van der Waals surface area contributed by atoms with Crippen molar-refractivity contribution in [3.8, 4) is 0 Å². The first-order valence-electron chi connectivity index (χ1n) is 9.10. The lowest BCUT2D eigenvalue weighted by Gasteiger charge is -2.66. The molecule has 5 rings (SSSR count). The minimum absolute atomic E-state index is 0.231. The van der Waals surface area contributed by atoms with Crippen LogP contribution in [0.1, 0.15) is 64.7 Å². The van der Waals surface area contributed by atoms with E-state index in [9.17, 15) is 9.59 Å². The zero-order valence-corrected chi connectivity index (χ0v) is 13.8. The number of carbonyl (C=O) groups is 2. The molecule has 5 aliphatic carbocycles. The molecular formula is C20H28O2. The van der Waals surface area contributed by atoms with E-state index in [1.54, 1.807) is 0 Å². The van der Waals surface area contributed by atoms with Crippen LogP contribution in [0.5, 0.6) is 0 Å². The summed E-state index contributed by atoms with van der Waals surface area (Å²) in [6.45, 7) is 6.45. The quantitative estimate of drug-likeness (QED) is 0.562. The largest absolute Gasteiger partial charge is 0.303 e. The van der Waals surface area contributed by atoms with Crippen molar-refractivity contribution in [2.75, 3.05) is 0 Å². The SMILES string of the molecule is C=C1C[C@]23CC[C@H]1C[C@H]2[C@]1(C=O)CCC[C@@](C)(C=O)[C@H]1CC3. The van der Waals surface area contributed by atoms with Gasteiger partial charge in [0.15, 0.2) is 0 Å². The van der Waals surface area contributed by atoms with E-state index in [0.29, 0.717) is 17.3 Å². The molecule has 5 saturated carbocycles. The van der Waals surface area contributed by atoms with Crippen molar-refractivity contribution >= 4 is 12.6 Å². The fourth-order valence-electron chi connectivity index (χ4n) is 7.19. The van der Waals surface area contributed by atoms with Gasteiger partial charge < -0.3 is 9.59 Å². The van der Waals surface area contributed by atoms with Crippen LogP contribution in [0, 0.1) is 34.0 Å². The van der Waals surface area contributed by atoms with E-state index >= 15 is 0 Å². The van der Waals surface area contributed by atoms with Gasteiger partial charge in [-0.1, -0.05) is 25.5 Å². The Labute approximate surface area is 133 Å². The standard InChI is InChI=1S/C20H28O2/c1-14-11-19-8-4-15(14)10-17(19)20(13-22)7-3-6-18(2,12-21)16(20)5-9-19/h12-13,15-17H,1,3-11H2,2H3/t15-,16+,17+,18-,19+,20-/m0/s1. The van der Waals surface area contributed by atoms with E-state index in [4.69, 9.17) is 0 Å². The van der Waals surface area contributed by atoms with Crippen LogP contribution in [0.25, 0.3) is 0 Å². The molecule has 0 aromatic rings. The topological polar surface area (TPSA) is 34.1 Å². The summed E-state index contributed by atoms with van der Waals surface area (Å²) in [6.07, 6.45) is 12.6. The minimum Gasteiger partial charge on any atom is -0.303 e. The predicted octanol–water partition coefficient (Wildman–Crippen LogP) is 4.33. The highest BCUT2D eigenvalue weighted by atomic mass is 16.1. The van der Waals surface area contributed by atoms with Gasteiger partial charge in [-0.05, 0) is 74.5 Å². The summed E-state index contributed by atoms with van der Waals surface area (Å²) in [5.74, 6) is 1.40. The molecule has 0 heterocycles. The van der Waals surface area contributed by atoms with Crippen LogP contribution in [0.3, 0.4) is 0 Å². The van der Waals surface area contributed by atoms with Gasteiger partial charge in [0, 0.05) is 10.8 Å². The molecule has 1 spiro atoms. The van der Waals surface area contributed by atoms with Crippen LogP contribution >= 0.6 is 0 Å².